The molecule has 0 unspecified atom stereocenters. The number of fused-ring (bicyclic) bond motifs is 1. The molecule has 0 N–H and O–H groups in total. The van der Waals surface area contributed by atoms with Gasteiger partial charge in [0.25, 0.3) is 0 Å². The summed E-state index contributed by atoms with van der Waals surface area (Å²) >= 11 is 7.91. The van der Waals surface area contributed by atoms with Crippen LogP contribution in [0, 0.1) is 9.39 Å². The van der Waals surface area contributed by atoms with Crippen LogP contribution < -0.4 is 0 Å². The molecule has 20 heavy (non-hydrogen) atoms. The largest absolute Gasteiger partial charge is 0.321 e. The summed E-state index contributed by atoms with van der Waals surface area (Å²) < 4.78 is 16.2. The van der Waals surface area contributed by atoms with Gasteiger partial charge in [-0.3, -0.25) is 4.98 Å². The molecule has 2 heterocycles. The summed E-state index contributed by atoms with van der Waals surface area (Å²) in [5.41, 5.74) is 2.38. The molecule has 3 nitrogen and oxygen atoms in total. The predicted octanol–water partition coefficient (Wildman–Crippen LogP) is 3.96. The summed E-state index contributed by atoms with van der Waals surface area (Å²) in [5.74, 6) is 0.745. The van der Waals surface area contributed by atoms with E-state index in [0.29, 0.717) is 15.9 Å². The number of pyridine rings is 1. The van der Waals surface area contributed by atoms with Crippen molar-refractivity contribution in [2.75, 3.05) is 0 Å². The zero-order chi connectivity index (χ0) is 14.1. The van der Waals surface area contributed by atoms with Crippen molar-refractivity contribution in [3.8, 4) is 0 Å². The van der Waals surface area contributed by atoms with Gasteiger partial charge in [-0.05, 0) is 40.8 Å². The molecular weight excluding hydrogens is 392 g/mol. The van der Waals surface area contributed by atoms with E-state index in [2.05, 4.69) is 9.97 Å². The number of alkyl halides is 1. The van der Waals surface area contributed by atoms with Gasteiger partial charge in [-0.25, -0.2) is 9.37 Å². The molecule has 1 aromatic carbocycles. The molecule has 0 bridgehead atoms. The van der Waals surface area contributed by atoms with Crippen LogP contribution in [0.4, 0.5) is 4.39 Å². The van der Waals surface area contributed by atoms with Crippen molar-refractivity contribution in [2.45, 2.75) is 12.4 Å². The second-order valence-corrected chi connectivity index (χ2v) is 5.75. The Balaban J connectivity index is 2.15. The Morgan fingerprint density at radius 1 is 1.30 bits per heavy atom. The average Bonchev–Trinajstić information content (AvgIpc) is 2.78. The number of halogens is 3. The quantitative estimate of drug-likeness (QED) is 0.491. The fraction of sp³-hybridized carbons (Fsp3) is 0.143. The maximum Gasteiger partial charge on any atom is 0.138 e. The predicted molar refractivity (Wildman–Crippen MR) is 85.3 cm³/mol. The summed E-state index contributed by atoms with van der Waals surface area (Å²) in [6, 6.07) is 8.94. The van der Waals surface area contributed by atoms with E-state index in [1.807, 2.05) is 45.4 Å². The van der Waals surface area contributed by atoms with E-state index in [0.717, 1.165) is 16.7 Å². The second kappa shape index (κ2) is 5.65. The average molecular weight is 402 g/mol. The van der Waals surface area contributed by atoms with E-state index in [1.165, 1.54) is 6.07 Å². The van der Waals surface area contributed by atoms with E-state index < -0.39 is 0 Å². The third-order valence-electron chi connectivity index (χ3n) is 3.04. The minimum absolute atomic E-state index is 0.249. The van der Waals surface area contributed by atoms with Crippen molar-refractivity contribution in [3.05, 3.63) is 57.4 Å². The first-order valence-electron chi connectivity index (χ1n) is 5.99. The number of imidazole rings is 1. The third kappa shape index (κ3) is 2.52. The van der Waals surface area contributed by atoms with Crippen molar-refractivity contribution in [3.63, 3.8) is 0 Å². The molecule has 102 valence electrons. The molecule has 0 spiro atoms. The Morgan fingerprint density at radius 3 is 2.85 bits per heavy atom. The third-order valence-corrected chi connectivity index (χ3v) is 4.10. The molecule has 0 saturated carbocycles. The monoisotopic (exact) mass is 401 g/mol. The number of hydrogen-bond donors (Lipinski definition) is 0. The molecule has 3 rings (SSSR count). The lowest BCUT2D eigenvalue weighted by Gasteiger charge is -2.07. The zero-order valence-corrected chi connectivity index (χ0v) is 13.3. The molecule has 0 aliphatic carbocycles. The molecule has 6 heteroatoms. The number of hydrogen-bond acceptors (Lipinski definition) is 2. The first-order chi connectivity index (χ1) is 9.69. The van der Waals surface area contributed by atoms with Gasteiger partial charge in [0.2, 0.25) is 0 Å². The molecule has 3 aromatic rings. The molecule has 0 saturated heterocycles. The smallest absolute Gasteiger partial charge is 0.138 e. The molecule has 0 amide bonds. The van der Waals surface area contributed by atoms with Gasteiger partial charge >= 0.3 is 0 Å². The Bertz CT molecular complexity index is 758. The summed E-state index contributed by atoms with van der Waals surface area (Å²) in [7, 11) is 0. The van der Waals surface area contributed by atoms with Crippen molar-refractivity contribution < 1.29 is 4.39 Å². The van der Waals surface area contributed by atoms with Crippen LogP contribution in [0.5, 0.6) is 0 Å². The lowest BCUT2D eigenvalue weighted by atomic mass is 10.3. The maximum atomic E-state index is 13.8. The number of rotatable bonds is 3. The highest BCUT2D eigenvalue weighted by Crippen LogP contribution is 2.23. The summed E-state index contributed by atoms with van der Waals surface area (Å²) in [4.78, 5) is 8.75. The van der Waals surface area contributed by atoms with Gasteiger partial charge in [0.05, 0.1) is 32.7 Å². The van der Waals surface area contributed by atoms with Crippen LogP contribution in [0.25, 0.3) is 11.0 Å². The van der Waals surface area contributed by atoms with Crippen molar-refractivity contribution in [2.24, 2.45) is 0 Å². The van der Waals surface area contributed by atoms with Gasteiger partial charge in [0, 0.05) is 12.3 Å². The first-order valence-corrected chi connectivity index (χ1v) is 7.60. The van der Waals surface area contributed by atoms with Gasteiger partial charge in [-0.15, -0.1) is 11.6 Å². The maximum absolute atomic E-state index is 13.8. The topological polar surface area (TPSA) is 30.7 Å². The van der Waals surface area contributed by atoms with Crippen LogP contribution in [-0.4, -0.2) is 14.5 Å². The Labute approximate surface area is 133 Å². The molecule has 2 aromatic heterocycles. The molecule has 0 aliphatic heterocycles. The zero-order valence-electron chi connectivity index (χ0n) is 10.4. The molecule has 0 radical (unpaired) electrons. The molecule has 0 atom stereocenters. The first kappa shape index (κ1) is 13.8. The number of aromatic nitrogens is 3. The van der Waals surface area contributed by atoms with Crippen LogP contribution >= 0.6 is 34.2 Å². The fourth-order valence-corrected chi connectivity index (χ4v) is 2.76. The van der Waals surface area contributed by atoms with Crippen LogP contribution in [-0.2, 0) is 12.4 Å². The highest BCUT2D eigenvalue weighted by molar-refractivity contribution is 14.1. The van der Waals surface area contributed by atoms with Gasteiger partial charge in [0.1, 0.15) is 11.6 Å². The summed E-state index contributed by atoms with van der Waals surface area (Å²) in [6.07, 6.45) is 1.73. The minimum Gasteiger partial charge on any atom is -0.321 e. The minimum atomic E-state index is -0.249. The molecule has 0 fully saturated rings. The second-order valence-electron chi connectivity index (χ2n) is 4.32. The highest BCUT2D eigenvalue weighted by Gasteiger charge is 2.13. The Morgan fingerprint density at radius 2 is 2.15 bits per heavy atom. The van der Waals surface area contributed by atoms with Crippen LogP contribution in [0.1, 0.15) is 11.5 Å². The Kier molecular flexibility index (Phi) is 3.89. The van der Waals surface area contributed by atoms with Gasteiger partial charge < -0.3 is 4.57 Å². The summed E-state index contributed by atoms with van der Waals surface area (Å²) in [5, 5.41) is 0. The Hall–Kier alpha value is -1.21. The lowest BCUT2D eigenvalue weighted by Crippen LogP contribution is -2.05. The highest BCUT2D eigenvalue weighted by atomic mass is 127. The van der Waals surface area contributed by atoms with E-state index in [-0.39, 0.29) is 11.7 Å². The standard InChI is InChI=1S/C14H10ClFIN3/c15-7-14-19-12-6-11(17)10(16)5-13(12)20(14)8-9-3-1-2-4-18-9/h1-6H,7-8H2. The van der Waals surface area contributed by atoms with E-state index in [9.17, 15) is 4.39 Å². The number of benzene rings is 1. The SMILES string of the molecule is Fc1cc2c(cc1I)nc(CCl)n2Cc1ccccn1. The van der Waals surface area contributed by atoms with Gasteiger partial charge in [0.15, 0.2) is 0 Å². The van der Waals surface area contributed by atoms with Gasteiger partial charge in [-0.2, -0.15) is 0 Å². The molecule has 0 aliphatic rings. The van der Waals surface area contributed by atoms with Crippen LogP contribution in [0.3, 0.4) is 0 Å². The van der Waals surface area contributed by atoms with Crippen LogP contribution in [0.15, 0.2) is 36.5 Å². The van der Waals surface area contributed by atoms with E-state index in [1.54, 1.807) is 12.3 Å². The van der Waals surface area contributed by atoms with Crippen molar-refractivity contribution in [1.29, 1.82) is 0 Å². The van der Waals surface area contributed by atoms with Crippen molar-refractivity contribution >= 4 is 45.2 Å². The van der Waals surface area contributed by atoms with Gasteiger partial charge in [-0.1, -0.05) is 6.07 Å². The van der Waals surface area contributed by atoms with Crippen molar-refractivity contribution in [1.82, 2.24) is 14.5 Å². The normalized spacial score (nSPS) is 11.2. The summed E-state index contributed by atoms with van der Waals surface area (Å²) in [6.45, 7) is 0.527. The van der Waals surface area contributed by atoms with E-state index >= 15 is 0 Å². The molecular formula is C14H10ClFIN3. The fourth-order valence-electron chi connectivity index (χ4n) is 2.10. The number of nitrogens with zero attached hydrogens (tertiary/aromatic N) is 3. The lowest BCUT2D eigenvalue weighted by molar-refractivity contribution is 0.620. The van der Waals surface area contributed by atoms with E-state index in [4.69, 9.17) is 11.6 Å². The van der Waals surface area contributed by atoms with Crippen LogP contribution in [0.2, 0.25) is 0 Å².